The Kier molecular flexibility index (Phi) is 6.09. The molecule has 2 aromatic carbocycles. The maximum Gasteiger partial charge on any atom is 0.318 e. The van der Waals surface area contributed by atoms with E-state index in [2.05, 4.69) is 10.4 Å². The predicted octanol–water partition coefficient (Wildman–Crippen LogP) is 2.86. The molecule has 0 spiro atoms. The summed E-state index contributed by atoms with van der Waals surface area (Å²) in [5.41, 5.74) is 9.86. The van der Waals surface area contributed by atoms with Crippen LogP contribution in [0, 0.1) is 13.8 Å². The number of carbonyl (C=O) groups excluding carboxylic acids is 2. The van der Waals surface area contributed by atoms with E-state index in [0.29, 0.717) is 6.54 Å². The highest BCUT2D eigenvalue weighted by molar-refractivity contribution is 5.96. The highest BCUT2D eigenvalue weighted by Gasteiger charge is 2.27. The van der Waals surface area contributed by atoms with Gasteiger partial charge in [0.15, 0.2) is 0 Å². The van der Waals surface area contributed by atoms with Gasteiger partial charge in [-0.25, -0.2) is 9.48 Å². The molecule has 1 atom stereocenters. The van der Waals surface area contributed by atoms with Crippen molar-refractivity contribution in [1.82, 2.24) is 20.0 Å². The molecule has 150 valence electrons. The van der Waals surface area contributed by atoms with Gasteiger partial charge in [-0.1, -0.05) is 48.5 Å². The minimum Gasteiger partial charge on any atom is -0.351 e. The van der Waals surface area contributed by atoms with Crippen molar-refractivity contribution in [1.29, 1.82) is 0 Å². The molecule has 1 aromatic heterocycles. The third-order valence-electron chi connectivity index (χ3n) is 4.90. The van der Waals surface area contributed by atoms with Crippen LogP contribution in [0.25, 0.3) is 5.69 Å². The van der Waals surface area contributed by atoms with Crippen molar-refractivity contribution < 1.29 is 9.59 Å². The molecule has 0 unspecified atom stereocenters. The predicted molar refractivity (Wildman–Crippen MR) is 111 cm³/mol. The molecule has 0 aliphatic rings. The summed E-state index contributed by atoms with van der Waals surface area (Å²) in [6, 6.07) is 17.7. The second-order valence-electron chi connectivity index (χ2n) is 6.98. The third kappa shape index (κ3) is 4.52. The Bertz CT molecular complexity index is 999. The Morgan fingerprint density at radius 1 is 1.07 bits per heavy atom. The molecular formula is C22H25N5O2. The largest absolute Gasteiger partial charge is 0.351 e. The maximum atomic E-state index is 12.7. The second-order valence-corrected chi connectivity index (χ2v) is 6.98. The van der Waals surface area contributed by atoms with Crippen molar-refractivity contribution in [3.63, 3.8) is 0 Å². The summed E-state index contributed by atoms with van der Waals surface area (Å²) < 4.78 is 1.90. The first kappa shape index (κ1) is 20.3. The van der Waals surface area contributed by atoms with Gasteiger partial charge >= 0.3 is 6.03 Å². The average molecular weight is 391 g/mol. The number of carbonyl (C=O) groups is 2. The number of rotatable bonds is 6. The van der Waals surface area contributed by atoms with Crippen molar-refractivity contribution in [3.05, 3.63) is 83.2 Å². The number of nitrogens with one attached hydrogen (secondary N) is 1. The zero-order valence-electron chi connectivity index (χ0n) is 16.8. The molecule has 0 radical (unpaired) electrons. The highest BCUT2D eigenvalue weighted by atomic mass is 16.2. The van der Waals surface area contributed by atoms with E-state index in [-0.39, 0.29) is 0 Å². The van der Waals surface area contributed by atoms with Crippen molar-refractivity contribution >= 4 is 11.9 Å². The number of hydrogen-bond acceptors (Lipinski definition) is 4. The van der Waals surface area contributed by atoms with Crippen LogP contribution in [0.2, 0.25) is 0 Å². The van der Waals surface area contributed by atoms with E-state index < -0.39 is 18.0 Å². The Labute approximate surface area is 170 Å². The lowest BCUT2D eigenvalue weighted by atomic mass is 10.0. The van der Waals surface area contributed by atoms with Gasteiger partial charge in [0.1, 0.15) is 6.04 Å². The number of para-hydroxylation sites is 1. The number of benzene rings is 2. The molecule has 0 aliphatic carbocycles. The van der Waals surface area contributed by atoms with Crippen LogP contribution in [0.3, 0.4) is 0 Å². The van der Waals surface area contributed by atoms with Gasteiger partial charge in [0.05, 0.1) is 11.4 Å². The second kappa shape index (κ2) is 8.70. The average Bonchev–Trinajstić information content (AvgIpc) is 2.97. The van der Waals surface area contributed by atoms with E-state index in [4.69, 9.17) is 5.73 Å². The first-order valence-electron chi connectivity index (χ1n) is 9.34. The Hall–Kier alpha value is -3.45. The van der Waals surface area contributed by atoms with Gasteiger partial charge in [0, 0.05) is 17.8 Å². The molecule has 0 saturated heterocycles. The number of hydrogen-bond donors (Lipinski definition) is 2. The Morgan fingerprint density at radius 3 is 2.24 bits per heavy atom. The summed E-state index contributed by atoms with van der Waals surface area (Å²) in [6.45, 7) is 4.45. The molecule has 3 N–H and O–H groups in total. The van der Waals surface area contributed by atoms with E-state index in [0.717, 1.165) is 28.2 Å². The van der Waals surface area contributed by atoms with Crippen LogP contribution in [0.15, 0.2) is 60.7 Å². The molecule has 29 heavy (non-hydrogen) atoms. The number of nitrogens with zero attached hydrogens (tertiary/aromatic N) is 3. The number of likely N-dealkylation sites (N-methyl/N-ethyl adjacent to an activating group) is 1. The van der Waals surface area contributed by atoms with Crippen LogP contribution in [0.5, 0.6) is 0 Å². The van der Waals surface area contributed by atoms with Crippen molar-refractivity contribution in [2.45, 2.75) is 26.4 Å². The highest BCUT2D eigenvalue weighted by Crippen LogP contribution is 2.25. The molecule has 0 saturated carbocycles. The zero-order valence-corrected chi connectivity index (χ0v) is 16.8. The fourth-order valence-electron chi connectivity index (χ4n) is 3.50. The molecule has 3 amide bonds. The first-order valence-corrected chi connectivity index (χ1v) is 9.34. The first-order chi connectivity index (χ1) is 13.9. The maximum absolute atomic E-state index is 12.7. The molecule has 0 aliphatic heterocycles. The standard InChI is InChI=1S/C22H25N5O2/c1-15-19(16(2)27(25-15)18-12-8-5-9-13-18)14-26(3)20(21(28)24-22(23)29)17-10-6-4-7-11-17/h4-13,20H,14H2,1-3H3,(H3,23,24,28,29)/t20-/m1/s1. The quantitative estimate of drug-likeness (QED) is 0.676. The molecular weight excluding hydrogens is 366 g/mol. The molecule has 0 fully saturated rings. The SMILES string of the molecule is Cc1nn(-c2ccccc2)c(C)c1CN(C)[C@@H](C(=O)NC(N)=O)c1ccccc1. The monoisotopic (exact) mass is 391 g/mol. The van der Waals surface area contributed by atoms with Crippen molar-refractivity contribution in [2.75, 3.05) is 7.05 Å². The van der Waals surface area contributed by atoms with Gasteiger partial charge < -0.3 is 5.73 Å². The summed E-state index contributed by atoms with van der Waals surface area (Å²) in [4.78, 5) is 25.8. The Balaban J connectivity index is 1.92. The summed E-state index contributed by atoms with van der Waals surface area (Å²) in [5.74, 6) is -0.461. The van der Waals surface area contributed by atoms with Crippen LogP contribution >= 0.6 is 0 Å². The summed E-state index contributed by atoms with van der Waals surface area (Å²) >= 11 is 0. The van der Waals surface area contributed by atoms with E-state index in [1.54, 1.807) is 0 Å². The number of primary amides is 1. The zero-order chi connectivity index (χ0) is 21.0. The van der Waals surface area contributed by atoms with Crippen LogP contribution in [-0.2, 0) is 11.3 Å². The molecule has 3 rings (SSSR count). The molecule has 7 heteroatoms. The fourth-order valence-corrected chi connectivity index (χ4v) is 3.50. The lowest BCUT2D eigenvalue weighted by molar-refractivity contribution is -0.125. The summed E-state index contributed by atoms with van der Waals surface area (Å²) in [7, 11) is 1.84. The van der Waals surface area contributed by atoms with Gasteiger partial charge in [-0.15, -0.1) is 0 Å². The number of nitrogens with two attached hydrogens (primary N) is 1. The number of imide groups is 1. The lowest BCUT2D eigenvalue weighted by Gasteiger charge is -2.27. The number of amides is 3. The number of aromatic nitrogens is 2. The summed E-state index contributed by atoms with van der Waals surface area (Å²) in [6.07, 6.45) is 0. The van der Waals surface area contributed by atoms with Crippen LogP contribution in [0.1, 0.15) is 28.6 Å². The van der Waals surface area contributed by atoms with Gasteiger partial charge in [-0.05, 0) is 38.6 Å². The third-order valence-corrected chi connectivity index (χ3v) is 4.90. The van der Waals surface area contributed by atoms with E-state index in [1.807, 2.05) is 91.1 Å². The molecule has 3 aromatic rings. The van der Waals surface area contributed by atoms with Gasteiger partial charge in [-0.3, -0.25) is 15.0 Å². The number of urea groups is 1. The van der Waals surface area contributed by atoms with Crippen molar-refractivity contribution in [3.8, 4) is 5.69 Å². The van der Waals surface area contributed by atoms with E-state index in [1.165, 1.54) is 0 Å². The van der Waals surface area contributed by atoms with E-state index in [9.17, 15) is 9.59 Å². The minimum absolute atomic E-state index is 0.461. The minimum atomic E-state index is -0.867. The van der Waals surface area contributed by atoms with Gasteiger partial charge in [0.25, 0.3) is 0 Å². The smallest absolute Gasteiger partial charge is 0.318 e. The van der Waals surface area contributed by atoms with E-state index >= 15 is 0 Å². The summed E-state index contributed by atoms with van der Waals surface area (Å²) in [5, 5.41) is 6.88. The van der Waals surface area contributed by atoms with Crippen LogP contribution in [-0.4, -0.2) is 33.7 Å². The lowest BCUT2D eigenvalue weighted by Crippen LogP contribution is -2.43. The van der Waals surface area contributed by atoms with Crippen molar-refractivity contribution in [2.24, 2.45) is 5.73 Å². The van der Waals surface area contributed by atoms with Gasteiger partial charge in [0.2, 0.25) is 5.91 Å². The topological polar surface area (TPSA) is 93.2 Å². The normalized spacial score (nSPS) is 12.0. The molecule has 7 nitrogen and oxygen atoms in total. The number of aryl methyl sites for hydroxylation is 1. The Morgan fingerprint density at radius 2 is 1.66 bits per heavy atom. The van der Waals surface area contributed by atoms with Crippen LogP contribution < -0.4 is 11.1 Å². The van der Waals surface area contributed by atoms with Crippen LogP contribution in [0.4, 0.5) is 4.79 Å². The molecule has 0 bridgehead atoms. The van der Waals surface area contributed by atoms with Gasteiger partial charge in [-0.2, -0.15) is 5.10 Å². The molecule has 1 heterocycles. The fraction of sp³-hybridized carbons (Fsp3) is 0.227.